The predicted octanol–water partition coefficient (Wildman–Crippen LogP) is 7.34. The summed E-state index contributed by atoms with van der Waals surface area (Å²) in [5.74, 6) is 0.732. The van der Waals surface area contributed by atoms with Gasteiger partial charge >= 0.3 is 0 Å². The monoisotopic (exact) mass is 658 g/mol. The van der Waals surface area contributed by atoms with Crippen LogP contribution in [0.2, 0.25) is 0 Å². The second-order valence-corrected chi connectivity index (χ2v) is 13.7. The topological polar surface area (TPSA) is 120 Å². The number of aliphatic hydroxyl groups is 5. The Balaban J connectivity index is 2.37. The van der Waals surface area contributed by atoms with Crippen molar-refractivity contribution < 1.29 is 35.0 Å². The van der Waals surface area contributed by atoms with E-state index in [-0.39, 0.29) is 13.2 Å². The lowest BCUT2D eigenvalue weighted by molar-refractivity contribution is -0.122. The SMILES string of the molecule is CCCCCCCCCc1ccccc1OC(c1ccccc1CCCCCCCCC)C(CO)(CO)COCC(CO)(CO)CO. The minimum Gasteiger partial charge on any atom is -0.485 e. The highest BCUT2D eigenvalue weighted by molar-refractivity contribution is 5.37. The van der Waals surface area contributed by atoms with Crippen LogP contribution in [0.5, 0.6) is 5.75 Å². The highest BCUT2D eigenvalue weighted by Crippen LogP contribution is 2.41. The van der Waals surface area contributed by atoms with E-state index in [1.165, 1.54) is 64.2 Å². The first-order valence-electron chi connectivity index (χ1n) is 18.4. The van der Waals surface area contributed by atoms with Gasteiger partial charge in [0.05, 0.1) is 57.1 Å². The fraction of sp³-hybridized carbons (Fsp3) is 0.700. The molecule has 2 aromatic rings. The van der Waals surface area contributed by atoms with Crippen LogP contribution in [0.25, 0.3) is 0 Å². The first-order valence-corrected chi connectivity index (χ1v) is 18.4. The maximum absolute atomic E-state index is 11.0. The van der Waals surface area contributed by atoms with Gasteiger partial charge in [-0.3, -0.25) is 0 Å². The van der Waals surface area contributed by atoms with Gasteiger partial charge in [-0.25, -0.2) is 0 Å². The molecule has 2 aromatic carbocycles. The summed E-state index contributed by atoms with van der Waals surface area (Å²) in [4.78, 5) is 0. The molecular formula is C40H66O7. The summed E-state index contributed by atoms with van der Waals surface area (Å²) < 4.78 is 12.9. The van der Waals surface area contributed by atoms with Crippen molar-refractivity contribution >= 4 is 0 Å². The zero-order valence-corrected chi connectivity index (χ0v) is 29.5. The highest BCUT2D eigenvalue weighted by Gasteiger charge is 2.43. The van der Waals surface area contributed by atoms with E-state index < -0.39 is 50.0 Å². The van der Waals surface area contributed by atoms with E-state index in [2.05, 4.69) is 26.0 Å². The van der Waals surface area contributed by atoms with Gasteiger partial charge in [-0.15, -0.1) is 0 Å². The lowest BCUT2D eigenvalue weighted by Gasteiger charge is -2.40. The van der Waals surface area contributed by atoms with E-state index in [4.69, 9.17) is 9.47 Å². The molecule has 0 saturated heterocycles. The molecule has 1 atom stereocenters. The number of ether oxygens (including phenoxy) is 2. The van der Waals surface area contributed by atoms with Crippen LogP contribution in [0.3, 0.4) is 0 Å². The van der Waals surface area contributed by atoms with E-state index >= 15 is 0 Å². The number of benzene rings is 2. The largest absolute Gasteiger partial charge is 0.485 e. The molecule has 1 unspecified atom stereocenters. The van der Waals surface area contributed by atoms with Gasteiger partial charge in [0.25, 0.3) is 0 Å². The van der Waals surface area contributed by atoms with Crippen molar-refractivity contribution in [3.63, 3.8) is 0 Å². The molecule has 2 rings (SSSR count). The molecule has 0 aromatic heterocycles. The van der Waals surface area contributed by atoms with Crippen LogP contribution in [0.1, 0.15) is 127 Å². The third-order valence-corrected chi connectivity index (χ3v) is 9.64. The molecule has 0 radical (unpaired) electrons. The lowest BCUT2D eigenvalue weighted by Crippen LogP contribution is -2.46. The Morgan fingerprint density at radius 1 is 0.532 bits per heavy atom. The van der Waals surface area contributed by atoms with Crippen LogP contribution in [-0.2, 0) is 17.6 Å². The Kier molecular flexibility index (Phi) is 21.2. The van der Waals surface area contributed by atoms with Crippen LogP contribution in [0.15, 0.2) is 48.5 Å². The van der Waals surface area contributed by atoms with Crippen molar-refractivity contribution in [2.24, 2.45) is 10.8 Å². The number of unbranched alkanes of at least 4 members (excludes halogenated alkanes) is 12. The molecule has 7 heteroatoms. The Bertz CT molecular complexity index is 1040. The van der Waals surface area contributed by atoms with Crippen LogP contribution in [0.4, 0.5) is 0 Å². The Morgan fingerprint density at radius 2 is 1.00 bits per heavy atom. The second-order valence-electron chi connectivity index (χ2n) is 13.7. The smallest absolute Gasteiger partial charge is 0.136 e. The number of hydrogen-bond donors (Lipinski definition) is 5. The number of hydrogen-bond acceptors (Lipinski definition) is 7. The van der Waals surface area contributed by atoms with Crippen LogP contribution in [-0.4, -0.2) is 71.8 Å². The first kappa shape index (κ1) is 41.2. The molecule has 0 amide bonds. The van der Waals surface area contributed by atoms with Crippen LogP contribution in [0, 0.1) is 10.8 Å². The average molecular weight is 659 g/mol. The van der Waals surface area contributed by atoms with E-state index in [1.807, 2.05) is 36.4 Å². The minimum absolute atomic E-state index is 0.0991. The predicted molar refractivity (Wildman–Crippen MR) is 191 cm³/mol. The summed E-state index contributed by atoms with van der Waals surface area (Å²) in [6.07, 6.45) is 18.0. The molecule has 7 nitrogen and oxygen atoms in total. The zero-order valence-electron chi connectivity index (χ0n) is 29.5. The Labute approximate surface area is 285 Å². The maximum Gasteiger partial charge on any atom is 0.136 e. The molecule has 0 aliphatic heterocycles. The number of rotatable bonds is 29. The Hall–Kier alpha value is -2.00. The van der Waals surface area contributed by atoms with Gasteiger partial charge in [-0.05, 0) is 48.4 Å². The van der Waals surface area contributed by atoms with Gasteiger partial charge in [0.15, 0.2) is 0 Å². The molecule has 0 spiro atoms. The second kappa shape index (κ2) is 24.2. The summed E-state index contributed by atoms with van der Waals surface area (Å²) in [7, 11) is 0. The number of aryl methyl sites for hydroxylation is 2. The van der Waals surface area contributed by atoms with Gasteiger partial charge in [0.2, 0.25) is 0 Å². The number of para-hydroxylation sites is 1. The fourth-order valence-electron chi connectivity index (χ4n) is 6.17. The lowest BCUT2D eigenvalue weighted by atomic mass is 9.78. The standard InChI is InChI=1S/C40H66O7/c1-3-5-7-9-11-13-15-21-34-22-17-19-25-36(34)38(40(30-44,31-45)33-46-32-39(27-41,28-42)29-43)47-37-26-20-18-24-35(37)23-16-14-12-10-8-6-4-2/h17-20,22,24-26,38,41-45H,3-16,21,23,27-33H2,1-2H3. The average Bonchev–Trinajstić information content (AvgIpc) is 3.11. The van der Waals surface area contributed by atoms with Crippen molar-refractivity contribution in [2.75, 3.05) is 46.2 Å². The van der Waals surface area contributed by atoms with Crippen molar-refractivity contribution in [2.45, 2.75) is 123 Å². The summed E-state index contributed by atoms with van der Waals surface area (Å²) >= 11 is 0. The molecule has 0 bridgehead atoms. The van der Waals surface area contributed by atoms with E-state index in [1.54, 1.807) is 0 Å². The molecular weight excluding hydrogens is 592 g/mol. The van der Waals surface area contributed by atoms with E-state index in [0.717, 1.165) is 61.0 Å². The normalized spacial score (nSPS) is 12.8. The molecule has 0 aliphatic rings. The Morgan fingerprint density at radius 3 is 1.53 bits per heavy atom. The highest BCUT2D eigenvalue weighted by atomic mass is 16.5. The van der Waals surface area contributed by atoms with Crippen molar-refractivity contribution in [1.29, 1.82) is 0 Å². The molecule has 268 valence electrons. The fourth-order valence-corrected chi connectivity index (χ4v) is 6.17. The minimum atomic E-state index is -1.24. The number of aliphatic hydroxyl groups excluding tert-OH is 5. The van der Waals surface area contributed by atoms with Crippen LogP contribution >= 0.6 is 0 Å². The van der Waals surface area contributed by atoms with Gasteiger partial charge in [-0.1, -0.05) is 133 Å². The summed E-state index contributed by atoms with van der Waals surface area (Å²) in [6, 6.07) is 16.2. The van der Waals surface area contributed by atoms with E-state index in [0.29, 0.717) is 0 Å². The third kappa shape index (κ3) is 13.8. The van der Waals surface area contributed by atoms with Gasteiger partial charge < -0.3 is 35.0 Å². The summed E-state index contributed by atoms with van der Waals surface area (Å²) in [5, 5.41) is 51.5. The molecule has 0 heterocycles. The first-order chi connectivity index (χ1) is 23.0. The molecule has 47 heavy (non-hydrogen) atoms. The summed E-state index contributed by atoms with van der Waals surface area (Å²) in [6.45, 7) is 2.02. The van der Waals surface area contributed by atoms with Crippen molar-refractivity contribution in [3.8, 4) is 5.75 Å². The molecule has 0 fully saturated rings. The van der Waals surface area contributed by atoms with Gasteiger partial charge in [-0.2, -0.15) is 0 Å². The van der Waals surface area contributed by atoms with Crippen molar-refractivity contribution in [1.82, 2.24) is 0 Å². The van der Waals surface area contributed by atoms with Gasteiger partial charge in [0.1, 0.15) is 11.9 Å². The van der Waals surface area contributed by atoms with E-state index in [9.17, 15) is 25.5 Å². The maximum atomic E-state index is 11.0. The van der Waals surface area contributed by atoms with Gasteiger partial charge in [0, 0.05) is 0 Å². The zero-order chi connectivity index (χ0) is 34.2. The molecule has 0 aliphatic carbocycles. The third-order valence-electron chi connectivity index (χ3n) is 9.64. The molecule has 0 saturated carbocycles. The van der Waals surface area contributed by atoms with Crippen molar-refractivity contribution in [3.05, 3.63) is 65.2 Å². The van der Waals surface area contributed by atoms with Crippen LogP contribution < -0.4 is 4.74 Å². The summed E-state index contributed by atoms with van der Waals surface area (Å²) in [5.41, 5.74) is 0.659. The molecule has 5 N–H and O–H groups in total. The quantitative estimate of drug-likeness (QED) is 0.0580.